The highest BCUT2D eigenvalue weighted by atomic mass is 32.2. The van der Waals surface area contributed by atoms with E-state index >= 15 is 0 Å². The van der Waals surface area contributed by atoms with Gasteiger partial charge in [-0.3, -0.25) is 4.79 Å². The van der Waals surface area contributed by atoms with Crippen LogP contribution in [0.1, 0.15) is 6.23 Å². The molecule has 0 saturated carbocycles. The number of aliphatic hydroxyl groups excluding tert-OH is 3. The van der Waals surface area contributed by atoms with E-state index in [9.17, 15) is 15.0 Å². The Hall–Kier alpha value is -0.860. The second kappa shape index (κ2) is 5.41. The molecule has 7 heteroatoms. The lowest BCUT2D eigenvalue weighted by molar-refractivity contribution is -0.0567. The van der Waals surface area contributed by atoms with Gasteiger partial charge in [-0.15, -0.1) is 11.8 Å². The highest BCUT2D eigenvalue weighted by Gasteiger charge is 2.43. The molecule has 100 valence electrons. The molecule has 1 saturated heterocycles. The number of hydrogen-bond donors (Lipinski definition) is 3. The van der Waals surface area contributed by atoms with Crippen molar-refractivity contribution < 1.29 is 20.1 Å². The molecule has 4 atom stereocenters. The summed E-state index contributed by atoms with van der Waals surface area (Å²) in [5, 5.41) is 29.2. The van der Waals surface area contributed by atoms with Crippen LogP contribution in [0, 0.1) is 0 Å². The highest BCUT2D eigenvalue weighted by Crippen LogP contribution is 2.31. The SMILES string of the molecule is CSc1cc(=O)ccn1C1O[C@H](CO)[C@@H](O)[C@H]1O. The number of rotatable bonds is 3. The van der Waals surface area contributed by atoms with Crippen molar-refractivity contribution in [1.82, 2.24) is 4.57 Å². The summed E-state index contributed by atoms with van der Waals surface area (Å²) in [5.41, 5.74) is -0.137. The van der Waals surface area contributed by atoms with E-state index in [1.807, 2.05) is 0 Å². The summed E-state index contributed by atoms with van der Waals surface area (Å²) in [4.78, 5) is 11.3. The Morgan fingerprint density at radius 3 is 2.72 bits per heavy atom. The highest BCUT2D eigenvalue weighted by molar-refractivity contribution is 7.98. The zero-order chi connectivity index (χ0) is 13.3. The van der Waals surface area contributed by atoms with E-state index in [2.05, 4.69) is 0 Å². The predicted molar refractivity (Wildman–Crippen MR) is 65.5 cm³/mol. The Bertz CT molecular complexity index is 477. The molecule has 0 spiro atoms. The van der Waals surface area contributed by atoms with Gasteiger partial charge in [-0.05, 0) is 6.26 Å². The van der Waals surface area contributed by atoms with E-state index in [0.717, 1.165) is 0 Å². The van der Waals surface area contributed by atoms with Crippen molar-refractivity contribution in [1.29, 1.82) is 0 Å². The van der Waals surface area contributed by atoms with Gasteiger partial charge in [0, 0.05) is 18.3 Å². The summed E-state index contributed by atoms with van der Waals surface area (Å²) >= 11 is 1.34. The minimum Gasteiger partial charge on any atom is -0.394 e. The van der Waals surface area contributed by atoms with Crippen LogP contribution in [-0.4, -0.2) is 51.1 Å². The molecule has 1 unspecified atom stereocenters. The van der Waals surface area contributed by atoms with E-state index in [-0.39, 0.29) is 12.0 Å². The first-order valence-corrected chi connectivity index (χ1v) is 6.69. The maximum Gasteiger partial charge on any atom is 0.182 e. The minimum absolute atomic E-state index is 0.137. The van der Waals surface area contributed by atoms with Crippen molar-refractivity contribution in [2.45, 2.75) is 29.6 Å². The maximum atomic E-state index is 11.3. The van der Waals surface area contributed by atoms with E-state index in [1.54, 1.807) is 10.8 Å². The van der Waals surface area contributed by atoms with Gasteiger partial charge < -0.3 is 24.6 Å². The molecule has 2 rings (SSSR count). The third kappa shape index (κ3) is 2.32. The standard InChI is InChI=1S/C11H15NO5S/c1-18-8-4-6(14)2-3-12(8)11-10(16)9(15)7(5-13)17-11/h2-4,7,9-11,13,15-16H,5H2,1H3/t7-,9-,10-,11?/m1/s1. The van der Waals surface area contributed by atoms with E-state index < -0.39 is 24.5 Å². The van der Waals surface area contributed by atoms with Crippen LogP contribution in [0.25, 0.3) is 0 Å². The lowest BCUT2D eigenvalue weighted by atomic mass is 10.1. The number of aromatic nitrogens is 1. The second-order valence-corrected chi connectivity index (χ2v) is 4.87. The van der Waals surface area contributed by atoms with Crippen molar-refractivity contribution >= 4 is 11.8 Å². The first kappa shape index (κ1) is 13.6. The Labute approximate surface area is 108 Å². The van der Waals surface area contributed by atoms with Crippen LogP contribution >= 0.6 is 11.8 Å². The summed E-state index contributed by atoms with van der Waals surface area (Å²) in [5.74, 6) is 0. The van der Waals surface area contributed by atoms with Gasteiger partial charge in [0.1, 0.15) is 18.3 Å². The van der Waals surface area contributed by atoms with E-state index in [0.29, 0.717) is 5.03 Å². The monoisotopic (exact) mass is 273 g/mol. The summed E-state index contributed by atoms with van der Waals surface area (Å²) in [6.45, 7) is -0.372. The van der Waals surface area contributed by atoms with E-state index in [4.69, 9.17) is 9.84 Å². The number of hydrogen-bond acceptors (Lipinski definition) is 6. The van der Waals surface area contributed by atoms with Crippen molar-refractivity contribution in [3.05, 3.63) is 28.6 Å². The van der Waals surface area contributed by atoms with Crippen LogP contribution < -0.4 is 5.43 Å². The molecule has 1 aliphatic rings. The Morgan fingerprint density at radius 2 is 2.17 bits per heavy atom. The van der Waals surface area contributed by atoms with Gasteiger partial charge in [0.2, 0.25) is 0 Å². The molecule has 18 heavy (non-hydrogen) atoms. The summed E-state index contributed by atoms with van der Waals surface area (Å²) < 4.78 is 6.98. The topological polar surface area (TPSA) is 91.9 Å². The zero-order valence-corrected chi connectivity index (χ0v) is 10.6. The van der Waals surface area contributed by atoms with Gasteiger partial charge in [-0.2, -0.15) is 0 Å². The van der Waals surface area contributed by atoms with Crippen LogP contribution in [0.3, 0.4) is 0 Å². The fourth-order valence-electron chi connectivity index (χ4n) is 1.96. The Balaban J connectivity index is 2.35. The van der Waals surface area contributed by atoms with Crippen molar-refractivity contribution in [3.63, 3.8) is 0 Å². The minimum atomic E-state index is -1.14. The Morgan fingerprint density at radius 1 is 1.44 bits per heavy atom. The maximum absolute atomic E-state index is 11.3. The van der Waals surface area contributed by atoms with Gasteiger partial charge in [0.15, 0.2) is 11.7 Å². The normalized spacial score (nSPS) is 31.8. The van der Waals surface area contributed by atoms with Crippen LogP contribution in [-0.2, 0) is 4.74 Å². The zero-order valence-electron chi connectivity index (χ0n) is 9.76. The molecule has 0 bridgehead atoms. The molecule has 1 aromatic rings. The average molecular weight is 273 g/mol. The predicted octanol–water partition coefficient (Wildman–Crippen LogP) is -0.818. The molecule has 0 amide bonds. The van der Waals surface area contributed by atoms with Crippen molar-refractivity contribution in [3.8, 4) is 0 Å². The third-order valence-electron chi connectivity index (χ3n) is 2.92. The third-order valence-corrected chi connectivity index (χ3v) is 3.67. The van der Waals surface area contributed by atoms with Gasteiger partial charge in [-0.25, -0.2) is 0 Å². The molecule has 0 aliphatic carbocycles. The van der Waals surface area contributed by atoms with Crippen LogP contribution in [0.2, 0.25) is 0 Å². The van der Waals surface area contributed by atoms with Crippen LogP contribution in [0.15, 0.2) is 28.2 Å². The number of ether oxygens (including phenoxy) is 1. The average Bonchev–Trinajstić information content (AvgIpc) is 2.66. The van der Waals surface area contributed by atoms with Crippen LogP contribution in [0.4, 0.5) is 0 Å². The molecule has 3 N–H and O–H groups in total. The molecule has 1 fully saturated rings. The molecule has 2 heterocycles. The van der Waals surface area contributed by atoms with Crippen molar-refractivity contribution in [2.24, 2.45) is 0 Å². The van der Waals surface area contributed by atoms with Gasteiger partial charge in [0.05, 0.1) is 11.6 Å². The number of aliphatic hydroxyl groups is 3. The number of thioether (sulfide) groups is 1. The summed E-state index contributed by atoms with van der Waals surface area (Å²) in [6.07, 6.45) is -0.606. The Kier molecular flexibility index (Phi) is 4.08. The molecular weight excluding hydrogens is 258 g/mol. The molecule has 1 aromatic heterocycles. The van der Waals surface area contributed by atoms with Gasteiger partial charge >= 0.3 is 0 Å². The second-order valence-electron chi connectivity index (χ2n) is 4.04. The van der Waals surface area contributed by atoms with E-state index in [1.165, 1.54) is 30.1 Å². The first-order valence-electron chi connectivity index (χ1n) is 5.47. The summed E-state index contributed by atoms with van der Waals surface area (Å²) in [7, 11) is 0. The fraction of sp³-hybridized carbons (Fsp3) is 0.545. The molecule has 0 aromatic carbocycles. The van der Waals surface area contributed by atoms with Gasteiger partial charge in [0.25, 0.3) is 0 Å². The number of pyridine rings is 1. The molecule has 0 radical (unpaired) electrons. The lowest BCUT2D eigenvalue weighted by Crippen LogP contribution is -2.33. The van der Waals surface area contributed by atoms with Crippen molar-refractivity contribution in [2.75, 3.05) is 12.9 Å². The number of nitrogens with zero attached hydrogens (tertiary/aromatic N) is 1. The summed E-state index contributed by atoms with van der Waals surface area (Å²) in [6, 6.07) is 2.79. The quantitative estimate of drug-likeness (QED) is 0.623. The lowest BCUT2D eigenvalue weighted by Gasteiger charge is -2.21. The largest absolute Gasteiger partial charge is 0.394 e. The first-order chi connectivity index (χ1) is 8.58. The fourth-order valence-corrected chi connectivity index (χ4v) is 2.57. The van der Waals surface area contributed by atoms with Gasteiger partial charge in [-0.1, -0.05) is 0 Å². The van der Waals surface area contributed by atoms with Crippen LogP contribution in [0.5, 0.6) is 0 Å². The molecular formula is C11H15NO5S. The molecule has 1 aliphatic heterocycles. The molecule has 6 nitrogen and oxygen atoms in total. The smallest absolute Gasteiger partial charge is 0.182 e.